The highest BCUT2D eigenvalue weighted by molar-refractivity contribution is 5.91. The lowest BCUT2D eigenvalue weighted by Crippen LogP contribution is -2.35. The number of nitrogens with one attached hydrogen (secondary N) is 2. The van der Waals surface area contributed by atoms with E-state index in [0.29, 0.717) is 18.4 Å². The lowest BCUT2D eigenvalue weighted by Gasteiger charge is -2.23. The fraction of sp³-hybridized carbons (Fsp3) is 0.310. The van der Waals surface area contributed by atoms with Crippen molar-refractivity contribution in [1.82, 2.24) is 14.9 Å². The van der Waals surface area contributed by atoms with E-state index < -0.39 is 0 Å². The summed E-state index contributed by atoms with van der Waals surface area (Å²) in [5.74, 6) is 0.634. The Morgan fingerprint density at radius 1 is 0.882 bits per heavy atom. The number of hydrogen-bond donors (Lipinski definition) is 2. The Kier molecular flexibility index (Phi) is 7.31. The van der Waals surface area contributed by atoms with Crippen molar-refractivity contribution < 1.29 is 4.79 Å². The first-order valence-electron chi connectivity index (χ1n) is 12.1. The smallest absolute Gasteiger partial charge is 0.319 e. The van der Waals surface area contributed by atoms with Gasteiger partial charge in [-0.1, -0.05) is 76.2 Å². The summed E-state index contributed by atoms with van der Waals surface area (Å²) in [7, 11) is 0. The van der Waals surface area contributed by atoms with Gasteiger partial charge in [0, 0.05) is 30.0 Å². The van der Waals surface area contributed by atoms with Gasteiger partial charge in [-0.3, -0.25) is 0 Å². The molecule has 2 heterocycles. The molecule has 1 atom stereocenters. The molecule has 176 valence electrons. The van der Waals surface area contributed by atoms with Crippen LogP contribution >= 0.6 is 0 Å². The molecule has 5 heteroatoms. The Balaban J connectivity index is 1.56. The van der Waals surface area contributed by atoms with Crippen LogP contribution in [-0.4, -0.2) is 22.1 Å². The van der Waals surface area contributed by atoms with Crippen molar-refractivity contribution in [3.63, 3.8) is 0 Å². The molecular weight excluding hydrogens is 420 g/mol. The van der Waals surface area contributed by atoms with Crippen LogP contribution in [0.4, 0.5) is 10.5 Å². The van der Waals surface area contributed by atoms with Crippen LogP contribution in [0.15, 0.2) is 79.1 Å². The molecule has 0 aliphatic heterocycles. The zero-order valence-corrected chi connectivity index (χ0v) is 20.5. The van der Waals surface area contributed by atoms with Gasteiger partial charge in [-0.25, -0.2) is 9.78 Å². The number of carbonyl (C=O) groups excluding carboxylic acids is 1. The second kappa shape index (κ2) is 10.6. The molecule has 0 fully saturated rings. The predicted molar refractivity (Wildman–Crippen MR) is 141 cm³/mol. The predicted octanol–water partition coefficient (Wildman–Crippen LogP) is 6.89. The average molecular weight is 455 g/mol. The standard InChI is InChI=1S/C29H34N4O/c1-20(2)25-13-8-14-26(21(3)4)27(25)32-29(34)31-19-24(18-22-10-6-5-7-11-22)33-17-15-23-12-9-16-30-28(23)33/h5-17,20-21,24H,18-19H2,1-4H3,(H2,31,32,34). The Morgan fingerprint density at radius 3 is 2.26 bits per heavy atom. The summed E-state index contributed by atoms with van der Waals surface area (Å²) in [6, 6.07) is 22.6. The number of hydrogen-bond acceptors (Lipinski definition) is 2. The second-order valence-corrected chi connectivity index (χ2v) is 9.44. The number of pyridine rings is 1. The van der Waals surface area contributed by atoms with Crippen molar-refractivity contribution in [2.75, 3.05) is 11.9 Å². The lowest BCUT2D eigenvalue weighted by atomic mass is 9.93. The number of fused-ring (bicyclic) bond motifs is 1. The maximum Gasteiger partial charge on any atom is 0.319 e. The fourth-order valence-electron chi connectivity index (χ4n) is 4.50. The Bertz CT molecular complexity index is 1220. The van der Waals surface area contributed by atoms with Gasteiger partial charge in [0.25, 0.3) is 0 Å². The molecule has 0 saturated heterocycles. The average Bonchev–Trinajstić information content (AvgIpc) is 3.26. The molecule has 34 heavy (non-hydrogen) atoms. The molecule has 2 aromatic carbocycles. The van der Waals surface area contributed by atoms with Gasteiger partial charge in [-0.15, -0.1) is 0 Å². The molecule has 2 amide bonds. The monoisotopic (exact) mass is 454 g/mol. The number of benzene rings is 2. The topological polar surface area (TPSA) is 59.0 Å². The Morgan fingerprint density at radius 2 is 1.59 bits per heavy atom. The maximum atomic E-state index is 13.1. The molecular formula is C29H34N4O. The van der Waals surface area contributed by atoms with Gasteiger partial charge in [0.1, 0.15) is 5.65 Å². The van der Waals surface area contributed by atoms with E-state index in [1.165, 1.54) is 5.56 Å². The number of para-hydroxylation sites is 1. The summed E-state index contributed by atoms with van der Waals surface area (Å²) in [6.45, 7) is 9.11. The second-order valence-electron chi connectivity index (χ2n) is 9.44. The minimum atomic E-state index is -0.183. The number of anilines is 1. The molecule has 2 N–H and O–H groups in total. The van der Waals surface area contributed by atoms with Crippen LogP contribution in [0.1, 0.15) is 62.3 Å². The van der Waals surface area contributed by atoms with Gasteiger partial charge in [0.05, 0.1) is 6.04 Å². The summed E-state index contributed by atoms with van der Waals surface area (Å²) in [6.07, 6.45) is 4.67. The van der Waals surface area contributed by atoms with E-state index in [0.717, 1.165) is 34.3 Å². The zero-order valence-electron chi connectivity index (χ0n) is 20.5. The van der Waals surface area contributed by atoms with Crippen LogP contribution in [0.2, 0.25) is 0 Å². The zero-order chi connectivity index (χ0) is 24.1. The third-order valence-corrected chi connectivity index (χ3v) is 6.29. The molecule has 0 spiro atoms. The molecule has 0 aliphatic rings. The van der Waals surface area contributed by atoms with Crippen LogP contribution in [0.5, 0.6) is 0 Å². The number of amides is 2. The number of nitrogens with zero attached hydrogens (tertiary/aromatic N) is 2. The van der Waals surface area contributed by atoms with Crippen LogP contribution in [0.3, 0.4) is 0 Å². The van der Waals surface area contributed by atoms with Gasteiger partial charge in [-0.2, -0.15) is 0 Å². The fourth-order valence-corrected chi connectivity index (χ4v) is 4.50. The summed E-state index contributed by atoms with van der Waals surface area (Å²) in [5.41, 5.74) is 5.39. The molecule has 4 aromatic rings. The molecule has 5 nitrogen and oxygen atoms in total. The van der Waals surface area contributed by atoms with Gasteiger partial charge >= 0.3 is 6.03 Å². The van der Waals surface area contributed by atoms with Crippen molar-refractivity contribution in [2.24, 2.45) is 0 Å². The van der Waals surface area contributed by atoms with E-state index in [-0.39, 0.29) is 12.1 Å². The Labute approximate surface area is 202 Å². The van der Waals surface area contributed by atoms with E-state index in [1.54, 1.807) is 0 Å². The molecule has 0 bridgehead atoms. The minimum Gasteiger partial charge on any atom is -0.336 e. The number of aromatic nitrogens is 2. The van der Waals surface area contributed by atoms with E-state index in [9.17, 15) is 4.79 Å². The summed E-state index contributed by atoms with van der Waals surface area (Å²) < 4.78 is 2.17. The maximum absolute atomic E-state index is 13.1. The van der Waals surface area contributed by atoms with E-state index in [1.807, 2.05) is 18.3 Å². The molecule has 0 aliphatic carbocycles. The molecule has 0 saturated carbocycles. The van der Waals surface area contributed by atoms with Crippen molar-refractivity contribution in [3.05, 3.63) is 95.8 Å². The Hall–Kier alpha value is -3.60. The van der Waals surface area contributed by atoms with Gasteiger partial charge in [0.2, 0.25) is 0 Å². The van der Waals surface area contributed by atoms with Crippen molar-refractivity contribution in [3.8, 4) is 0 Å². The minimum absolute atomic E-state index is 0.0328. The molecule has 0 radical (unpaired) electrons. The molecule has 4 rings (SSSR count). The summed E-state index contributed by atoms with van der Waals surface area (Å²) in [5, 5.41) is 7.40. The highest BCUT2D eigenvalue weighted by Crippen LogP contribution is 2.32. The van der Waals surface area contributed by atoms with E-state index >= 15 is 0 Å². The van der Waals surface area contributed by atoms with Gasteiger partial charge in [-0.05, 0) is 53.1 Å². The largest absolute Gasteiger partial charge is 0.336 e. The first kappa shape index (κ1) is 23.6. The third kappa shape index (κ3) is 5.30. The van der Waals surface area contributed by atoms with Crippen molar-refractivity contribution in [1.29, 1.82) is 0 Å². The lowest BCUT2D eigenvalue weighted by molar-refractivity contribution is 0.250. The van der Waals surface area contributed by atoms with Crippen LogP contribution in [0.25, 0.3) is 11.0 Å². The van der Waals surface area contributed by atoms with Crippen molar-refractivity contribution in [2.45, 2.75) is 52.0 Å². The van der Waals surface area contributed by atoms with Gasteiger partial charge in [0.15, 0.2) is 0 Å². The summed E-state index contributed by atoms with van der Waals surface area (Å²) in [4.78, 5) is 17.7. The first-order chi connectivity index (χ1) is 16.4. The van der Waals surface area contributed by atoms with Crippen LogP contribution < -0.4 is 10.6 Å². The number of rotatable bonds is 8. The highest BCUT2D eigenvalue weighted by atomic mass is 16.2. The van der Waals surface area contributed by atoms with Crippen LogP contribution in [-0.2, 0) is 6.42 Å². The summed E-state index contributed by atoms with van der Waals surface area (Å²) >= 11 is 0. The quantitative estimate of drug-likeness (QED) is 0.305. The van der Waals surface area contributed by atoms with E-state index in [2.05, 4.69) is 109 Å². The third-order valence-electron chi connectivity index (χ3n) is 6.29. The normalized spacial score (nSPS) is 12.3. The first-order valence-corrected chi connectivity index (χ1v) is 12.1. The molecule has 1 unspecified atom stereocenters. The van der Waals surface area contributed by atoms with Crippen LogP contribution in [0, 0.1) is 0 Å². The molecule has 2 aromatic heterocycles. The number of urea groups is 1. The highest BCUT2D eigenvalue weighted by Gasteiger charge is 2.19. The van der Waals surface area contributed by atoms with Crippen molar-refractivity contribution >= 4 is 22.8 Å². The van der Waals surface area contributed by atoms with Gasteiger partial charge < -0.3 is 15.2 Å². The van der Waals surface area contributed by atoms with E-state index in [4.69, 9.17) is 0 Å². The SMILES string of the molecule is CC(C)c1cccc(C(C)C)c1NC(=O)NCC(Cc1ccccc1)n1ccc2cccnc21. The number of carbonyl (C=O) groups is 1.